The van der Waals surface area contributed by atoms with Crippen molar-refractivity contribution in [2.24, 2.45) is 0 Å². The lowest BCUT2D eigenvalue weighted by Crippen LogP contribution is -2.21. The van der Waals surface area contributed by atoms with Crippen LogP contribution in [0.2, 0.25) is 0 Å². The Balaban J connectivity index is 2.06. The molecule has 0 saturated carbocycles. The van der Waals surface area contributed by atoms with Crippen LogP contribution in [0.5, 0.6) is 0 Å². The van der Waals surface area contributed by atoms with Gasteiger partial charge in [-0.15, -0.1) is 0 Å². The van der Waals surface area contributed by atoms with Crippen LogP contribution in [0.4, 0.5) is 0 Å². The summed E-state index contributed by atoms with van der Waals surface area (Å²) in [4.78, 5) is 15.1. The molecule has 0 spiro atoms. The zero-order valence-electron chi connectivity index (χ0n) is 10.6. The van der Waals surface area contributed by atoms with Gasteiger partial charge >= 0.3 is 5.97 Å². The van der Waals surface area contributed by atoms with Crippen LogP contribution in [-0.2, 0) is 9.84 Å². The lowest BCUT2D eigenvalue weighted by Gasteiger charge is -2.18. The number of fused-ring (bicyclic) bond motifs is 1. The number of aromatic nitrogens is 1. The van der Waals surface area contributed by atoms with Gasteiger partial charge in [-0.2, -0.15) is 0 Å². The number of nitrogens with zero attached hydrogens (tertiary/aromatic N) is 1. The summed E-state index contributed by atoms with van der Waals surface area (Å²) in [5, 5.41) is 8.21. The maximum atomic E-state index is 12.0. The predicted molar refractivity (Wildman–Crippen MR) is 71.3 cm³/mol. The molecule has 1 atom stereocenters. The summed E-state index contributed by atoms with van der Waals surface area (Å²) < 4.78 is 29.6. The number of carboxylic acid groups (broad SMARTS) is 1. The third-order valence-corrected chi connectivity index (χ3v) is 5.67. The Morgan fingerprint density at radius 2 is 2.15 bits per heavy atom. The second kappa shape index (κ2) is 4.59. The van der Waals surface area contributed by atoms with Gasteiger partial charge in [-0.25, -0.2) is 18.2 Å². The van der Waals surface area contributed by atoms with E-state index in [4.69, 9.17) is 9.52 Å². The van der Waals surface area contributed by atoms with Crippen molar-refractivity contribution in [3.63, 3.8) is 0 Å². The van der Waals surface area contributed by atoms with Crippen LogP contribution < -0.4 is 0 Å². The predicted octanol–water partition coefficient (Wildman–Crippen LogP) is 2.17. The minimum atomic E-state index is -3.22. The molecule has 1 saturated heterocycles. The first-order valence-electron chi connectivity index (χ1n) is 6.33. The molecule has 0 radical (unpaired) electrons. The van der Waals surface area contributed by atoms with Crippen LogP contribution in [0, 0.1) is 0 Å². The molecule has 20 heavy (non-hydrogen) atoms. The van der Waals surface area contributed by atoms with E-state index in [2.05, 4.69) is 4.98 Å². The van der Waals surface area contributed by atoms with Crippen molar-refractivity contribution in [1.82, 2.24) is 4.98 Å². The Labute approximate surface area is 115 Å². The van der Waals surface area contributed by atoms with E-state index in [0.717, 1.165) is 6.42 Å². The molecule has 1 aromatic heterocycles. The van der Waals surface area contributed by atoms with Gasteiger partial charge in [0.2, 0.25) is 5.89 Å². The average Bonchev–Trinajstić information content (AvgIpc) is 2.80. The van der Waals surface area contributed by atoms with E-state index in [-0.39, 0.29) is 17.2 Å². The summed E-state index contributed by atoms with van der Waals surface area (Å²) in [5.74, 6) is -0.742. The molecule has 1 fully saturated rings. The summed E-state index contributed by atoms with van der Waals surface area (Å²) in [5.41, 5.74) is 0.873. The number of carboxylic acids is 1. The molecule has 106 valence electrons. The van der Waals surface area contributed by atoms with E-state index in [9.17, 15) is 13.2 Å². The Bertz CT molecular complexity index is 777. The van der Waals surface area contributed by atoms with Gasteiger partial charge in [-0.05, 0) is 31.0 Å². The first-order chi connectivity index (χ1) is 9.47. The van der Waals surface area contributed by atoms with Crippen LogP contribution in [0.3, 0.4) is 0 Å². The molecule has 7 heteroatoms. The lowest BCUT2D eigenvalue weighted by atomic mass is 10.2. The number of rotatable bonds is 2. The maximum Gasteiger partial charge on any atom is 0.335 e. The van der Waals surface area contributed by atoms with E-state index in [1.807, 2.05) is 0 Å². The molecule has 6 nitrogen and oxygen atoms in total. The van der Waals surface area contributed by atoms with Crippen LogP contribution >= 0.6 is 0 Å². The number of hydrogen-bond donors (Lipinski definition) is 1. The third kappa shape index (κ3) is 2.18. The van der Waals surface area contributed by atoms with Gasteiger partial charge in [0.15, 0.2) is 15.4 Å². The van der Waals surface area contributed by atoms with Crippen molar-refractivity contribution in [2.45, 2.75) is 24.5 Å². The molecule has 2 aromatic rings. The Morgan fingerprint density at radius 1 is 1.35 bits per heavy atom. The Morgan fingerprint density at radius 3 is 2.85 bits per heavy atom. The summed E-state index contributed by atoms with van der Waals surface area (Å²) >= 11 is 0. The van der Waals surface area contributed by atoms with E-state index >= 15 is 0 Å². The van der Waals surface area contributed by atoms with Crippen molar-refractivity contribution >= 4 is 26.9 Å². The van der Waals surface area contributed by atoms with Gasteiger partial charge in [0.25, 0.3) is 0 Å². The normalized spacial score (nSPS) is 21.9. The fourth-order valence-corrected chi connectivity index (χ4v) is 4.27. The highest BCUT2D eigenvalue weighted by molar-refractivity contribution is 7.91. The second-order valence-electron chi connectivity index (χ2n) is 4.89. The summed E-state index contributed by atoms with van der Waals surface area (Å²) in [7, 11) is -3.22. The highest BCUT2D eigenvalue weighted by Gasteiger charge is 2.34. The maximum absolute atomic E-state index is 12.0. The number of benzene rings is 1. The van der Waals surface area contributed by atoms with Gasteiger partial charge in [0.1, 0.15) is 10.8 Å². The molecule has 2 heterocycles. The van der Waals surface area contributed by atoms with E-state index in [1.165, 1.54) is 18.2 Å². The van der Waals surface area contributed by atoms with Crippen molar-refractivity contribution in [1.29, 1.82) is 0 Å². The molecule has 0 bridgehead atoms. The fraction of sp³-hybridized carbons (Fsp3) is 0.385. The minimum absolute atomic E-state index is 0.0895. The molecular formula is C13H13NO5S. The lowest BCUT2D eigenvalue weighted by molar-refractivity contribution is 0.0697. The second-order valence-corrected chi connectivity index (χ2v) is 7.19. The largest absolute Gasteiger partial charge is 0.478 e. The van der Waals surface area contributed by atoms with Crippen LogP contribution in [-0.4, -0.2) is 30.2 Å². The molecule has 1 aromatic carbocycles. The molecule has 3 rings (SSSR count). The third-order valence-electron chi connectivity index (χ3n) is 3.51. The number of oxazole rings is 1. The average molecular weight is 295 g/mol. The van der Waals surface area contributed by atoms with E-state index < -0.39 is 21.1 Å². The number of carbonyl (C=O) groups is 1. The molecule has 1 N–H and O–H groups in total. The SMILES string of the molecule is O=C(O)c1ccc2nc(C3CCCCS3(=O)=O)oc2c1. The highest BCUT2D eigenvalue weighted by Crippen LogP contribution is 2.34. The zero-order chi connectivity index (χ0) is 14.3. The summed E-state index contributed by atoms with van der Waals surface area (Å²) in [6, 6.07) is 4.32. The first-order valence-corrected chi connectivity index (χ1v) is 8.04. The van der Waals surface area contributed by atoms with Gasteiger partial charge in [-0.1, -0.05) is 6.42 Å². The minimum Gasteiger partial charge on any atom is -0.478 e. The van der Waals surface area contributed by atoms with E-state index in [1.54, 1.807) is 0 Å². The number of sulfone groups is 1. The van der Waals surface area contributed by atoms with Crippen molar-refractivity contribution in [2.75, 3.05) is 5.75 Å². The van der Waals surface area contributed by atoms with E-state index in [0.29, 0.717) is 23.9 Å². The molecule has 1 aliphatic rings. The fourth-order valence-electron chi connectivity index (χ4n) is 2.45. The molecule has 1 aliphatic heterocycles. The van der Waals surface area contributed by atoms with Gasteiger partial charge in [-0.3, -0.25) is 0 Å². The van der Waals surface area contributed by atoms with Gasteiger partial charge < -0.3 is 9.52 Å². The monoisotopic (exact) mass is 295 g/mol. The molecule has 0 amide bonds. The molecule has 1 unspecified atom stereocenters. The standard InChI is InChI=1S/C13H13NO5S/c15-13(16)8-4-5-9-10(7-8)19-12(14-9)11-3-1-2-6-20(11,17)18/h4-5,7,11H,1-3,6H2,(H,15,16). The van der Waals surface area contributed by atoms with Crippen LogP contribution in [0.25, 0.3) is 11.1 Å². The molecule has 0 aliphatic carbocycles. The Kier molecular flexibility index (Phi) is 3.01. The van der Waals surface area contributed by atoms with Crippen molar-refractivity contribution in [3.8, 4) is 0 Å². The quantitative estimate of drug-likeness (QED) is 0.911. The van der Waals surface area contributed by atoms with Crippen molar-refractivity contribution < 1.29 is 22.7 Å². The number of hydrogen-bond acceptors (Lipinski definition) is 5. The zero-order valence-corrected chi connectivity index (χ0v) is 11.4. The Hall–Kier alpha value is -1.89. The van der Waals surface area contributed by atoms with Crippen molar-refractivity contribution in [3.05, 3.63) is 29.7 Å². The van der Waals surface area contributed by atoms with Gasteiger partial charge in [0.05, 0.1) is 11.3 Å². The van der Waals surface area contributed by atoms with Crippen LogP contribution in [0.15, 0.2) is 22.6 Å². The first kappa shape index (κ1) is 13.1. The summed E-state index contributed by atoms with van der Waals surface area (Å²) in [6.07, 6.45) is 1.99. The number of aromatic carboxylic acids is 1. The van der Waals surface area contributed by atoms with Crippen LogP contribution in [0.1, 0.15) is 40.8 Å². The highest BCUT2D eigenvalue weighted by atomic mass is 32.2. The smallest absolute Gasteiger partial charge is 0.335 e. The van der Waals surface area contributed by atoms with Gasteiger partial charge in [0, 0.05) is 0 Å². The summed E-state index contributed by atoms with van der Waals surface area (Å²) in [6.45, 7) is 0. The molecular weight excluding hydrogens is 282 g/mol. The topological polar surface area (TPSA) is 97.5 Å².